The number of hydrogen-bond acceptors (Lipinski definition) is 3. The van der Waals surface area contributed by atoms with Gasteiger partial charge in [-0.25, -0.2) is 4.39 Å². The van der Waals surface area contributed by atoms with Crippen LogP contribution in [-0.4, -0.2) is 21.4 Å². The predicted octanol–water partition coefficient (Wildman–Crippen LogP) is 5.30. The van der Waals surface area contributed by atoms with Crippen molar-refractivity contribution in [3.8, 4) is 16.9 Å². The van der Waals surface area contributed by atoms with Crippen molar-refractivity contribution in [1.82, 2.24) is 14.5 Å². The highest BCUT2D eigenvalue weighted by atomic mass is 19.4. The second-order valence-electron chi connectivity index (χ2n) is 8.62. The van der Waals surface area contributed by atoms with E-state index in [1.807, 2.05) is 6.07 Å². The fraction of sp³-hybridized carbons (Fsp3) is 0.185. The highest BCUT2D eigenvalue weighted by molar-refractivity contribution is 5.95. The van der Waals surface area contributed by atoms with Crippen molar-refractivity contribution in [2.24, 2.45) is 7.05 Å². The topological polar surface area (TPSA) is 72.0 Å². The lowest BCUT2D eigenvalue weighted by atomic mass is 9.96. The molecule has 37 heavy (non-hydrogen) atoms. The highest BCUT2D eigenvalue weighted by Gasteiger charge is 2.31. The van der Waals surface area contributed by atoms with Crippen LogP contribution in [0.15, 0.2) is 73.1 Å². The van der Waals surface area contributed by atoms with Gasteiger partial charge in [0.05, 0.1) is 6.54 Å². The normalized spacial score (nSPS) is 11.4. The first-order valence-corrected chi connectivity index (χ1v) is 11.3. The third kappa shape index (κ3) is 6.46. The fourth-order valence-corrected chi connectivity index (χ4v) is 4.01. The molecule has 0 fully saturated rings. The molecule has 1 heterocycles. The van der Waals surface area contributed by atoms with Crippen molar-refractivity contribution in [2.45, 2.75) is 26.4 Å². The van der Waals surface area contributed by atoms with Gasteiger partial charge in [-0.05, 0) is 77.2 Å². The van der Waals surface area contributed by atoms with Gasteiger partial charge in [0.1, 0.15) is 11.6 Å². The second-order valence-corrected chi connectivity index (χ2v) is 8.62. The van der Waals surface area contributed by atoms with Crippen LogP contribution in [0.25, 0.3) is 11.1 Å². The summed E-state index contributed by atoms with van der Waals surface area (Å²) < 4.78 is 58.6. The van der Waals surface area contributed by atoms with Gasteiger partial charge in [-0.15, -0.1) is 13.2 Å². The minimum absolute atomic E-state index is 0.0205. The van der Waals surface area contributed by atoms with Crippen molar-refractivity contribution in [3.05, 3.63) is 107 Å². The predicted molar refractivity (Wildman–Crippen MR) is 129 cm³/mol. The molecule has 0 aliphatic rings. The number of rotatable bonds is 7. The number of amides is 1. The molecule has 0 saturated heterocycles. The quantitative estimate of drug-likeness (QED) is 0.330. The summed E-state index contributed by atoms with van der Waals surface area (Å²) in [6.07, 6.45) is -1.30. The number of aryl methyl sites for hydroxylation is 2. The van der Waals surface area contributed by atoms with E-state index in [0.717, 1.165) is 11.1 Å². The van der Waals surface area contributed by atoms with Gasteiger partial charge < -0.3 is 19.2 Å². The van der Waals surface area contributed by atoms with Crippen LogP contribution in [0.1, 0.15) is 27.0 Å². The molecule has 2 N–H and O–H groups in total. The summed E-state index contributed by atoms with van der Waals surface area (Å²) in [6, 6.07) is 15.0. The SMILES string of the molecule is Cc1cc(F)ccc1-c1cc(Cn2ccn(C)c2=N)cc(C(=O)NCc2cccc(OC(F)(F)F)c2)c1. The van der Waals surface area contributed by atoms with Gasteiger partial charge in [-0.3, -0.25) is 10.2 Å². The number of nitrogens with zero attached hydrogens (tertiary/aromatic N) is 2. The van der Waals surface area contributed by atoms with E-state index in [1.54, 1.807) is 59.8 Å². The van der Waals surface area contributed by atoms with E-state index in [2.05, 4.69) is 10.1 Å². The Bertz CT molecular complexity index is 1510. The van der Waals surface area contributed by atoms with Gasteiger partial charge in [0.2, 0.25) is 5.62 Å². The molecule has 0 saturated carbocycles. The van der Waals surface area contributed by atoms with Crippen molar-refractivity contribution >= 4 is 5.91 Å². The molecule has 6 nitrogen and oxygen atoms in total. The first kappa shape index (κ1) is 25.7. The Kier molecular flexibility index (Phi) is 7.19. The maximum Gasteiger partial charge on any atom is 0.573 e. The molecule has 1 amide bonds. The molecular weight excluding hydrogens is 488 g/mol. The summed E-state index contributed by atoms with van der Waals surface area (Å²) in [6.45, 7) is 2.08. The molecule has 0 radical (unpaired) electrons. The molecule has 192 valence electrons. The van der Waals surface area contributed by atoms with Crippen LogP contribution in [-0.2, 0) is 20.1 Å². The van der Waals surface area contributed by atoms with Crippen LogP contribution in [0.4, 0.5) is 17.6 Å². The number of aromatic nitrogens is 2. The summed E-state index contributed by atoms with van der Waals surface area (Å²) in [5.41, 5.74) is 3.91. The van der Waals surface area contributed by atoms with Gasteiger partial charge >= 0.3 is 6.36 Å². The number of hydrogen-bond donors (Lipinski definition) is 2. The molecule has 0 unspecified atom stereocenters. The molecule has 0 aliphatic heterocycles. The maximum absolute atomic E-state index is 13.7. The third-order valence-corrected chi connectivity index (χ3v) is 5.77. The summed E-state index contributed by atoms with van der Waals surface area (Å²) in [5, 5.41) is 10.9. The van der Waals surface area contributed by atoms with E-state index in [-0.39, 0.29) is 23.7 Å². The summed E-state index contributed by atoms with van der Waals surface area (Å²) in [4.78, 5) is 13.1. The third-order valence-electron chi connectivity index (χ3n) is 5.77. The van der Waals surface area contributed by atoms with Crippen LogP contribution in [0, 0.1) is 18.2 Å². The average Bonchev–Trinajstić information content (AvgIpc) is 3.13. The lowest BCUT2D eigenvalue weighted by Gasteiger charge is -2.14. The average molecular weight is 513 g/mol. The maximum atomic E-state index is 13.7. The van der Waals surface area contributed by atoms with Crippen LogP contribution in [0.2, 0.25) is 0 Å². The number of alkyl halides is 3. The largest absolute Gasteiger partial charge is 0.573 e. The van der Waals surface area contributed by atoms with Gasteiger partial charge in [-0.2, -0.15) is 0 Å². The number of carbonyl (C=O) groups excluding carboxylic acids is 1. The van der Waals surface area contributed by atoms with E-state index in [1.165, 1.54) is 30.3 Å². The van der Waals surface area contributed by atoms with E-state index >= 15 is 0 Å². The van der Waals surface area contributed by atoms with Crippen molar-refractivity contribution in [2.75, 3.05) is 0 Å². The van der Waals surface area contributed by atoms with E-state index in [4.69, 9.17) is 5.41 Å². The monoisotopic (exact) mass is 512 g/mol. The Morgan fingerprint density at radius 3 is 2.49 bits per heavy atom. The zero-order valence-electron chi connectivity index (χ0n) is 20.1. The minimum Gasteiger partial charge on any atom is -0.406 e. The zero-order valence-corrected chi connectivity index (χ0v) is 20.1. The molecule has 0 aliphatic carbocycles. The molecule has 4 rings (SSSR count). The van der Waals surface area contributed by atoms with E-state index in [0.29, 0.717) is 28.8 Å². The minimum atomic E-state index is -4.81. The number of nitrogens with one attached hydrogen (secondary N) is 2. The first-order chi connectivity index (χ1) is 17.5. The van der Waals surface area contributed by atoms with Crippen molar-refractivity contribution < 1.29 is 27.1 Å². The smallest absolute Gasteiger partial charge is 0.406 e. The number of benzene rings is 3. The van der Waals surface area contributed by atoms with Crippen LogP contribution >= 0.6 is 0 Å². The fourth-order valence-electron chi connectivity index (χ4n) is 4.01. The summed E-state index contributed by atoms with van der Waals surface area (Å²) in [5.74, 6) is -1.18. The van der Waals surface area contributed by atoms with Crippen LogP contribution in [0.5, 0.6) is 5.75 Å². The lowest BCUT2D eigenvalue weighted by Crippen LogP contribution is -2.24. The second kappa shape index (κ2) is 10.3. The van der Waals surface area contributed by atoms with Gasteiger partial charge in [0.25, 0.3) is 5.91 Å². The van der Waals surface area contributed by atoms with Gasteiger partial charge in [0, 0.05) is 31.5 Å². The van der Waals surface area contributed by atoms with E-state index in [9.17, 15) is 22.4 Å². The Balaban J connectivity index is 1.63. The molecule has 0 atom stereocenters. The van der Waals surface area contributed by atoms with Gasteiger partial charge in [-0.1, -0.05) is 18.2 Å². The lowest BCUT2D eigenvalue weighted by molar-refractivity contribution is -0.274. The van der Waals surface area contributed by atoms with Crippen LogP contribution < -0.4 is 15.7 Å². The molecule has 0 spiro atoms. The Hall–Kier alpha value is -4.34. The first-order valence-electron chi connectivity index (χ1n) is 11.3. The Labute approximate surface area is 210 Å². The number of carbonyl (C=O) groups is 1. The number of halogens is 4. The van der Waals surface area contributed by atoms with Gasteiger partial charge in [0.15, 0.2) is 0 Å². The Morgan fingerprint density at radius 1 is 1.03 bits per heavy atom. The number of ether oxygens (including phenoxy) is 1. The van der Waals surface area contributed by atoms with Crippen molar-refractivity contribution in [1.29, 1.82) is 5.41 Å². The molecule has 0 bridgehead atoms. The standard InChI is InChI=1S/C27H24F4N4O2/c1-17-10-22(28)6-7-24(17)20-11-19(16-35-9-8-34(2)26(35)32)12-21(14-20)25(36)33-15-18-4-3-5-23(13-18)37-27(29,30)31/h3-14,32H,15-16H2,1-2H3,(H,33,36). The summed E-state index contributed by atoms with van der Waals surface area (Å²) >= 11 is 0. The molecule has 10 heteroatoms. The van der Waals surface area contributed by atoms with Crippen LogP contribution in [0.3, 0.4) is 0 Å². The molecule has 4 aromatic rings. The van der Waals surface area contributed by atoms with Crippen molar-refractivity contribution in [3.63, 3.8) is 0 Å². The zero-order chi connectivity index (χ0) is 26.7. The number of imidazole rings is 1. The molecule has 1 aromatic heterocycles. The van der Waals surface area contributed by atoms with E-state index < -0.39 is 12.3 Å². The molecule has 3 aromatic carbocycles. The molecular formula is C27H24F4N4O2. The Morgan fingerprint density at radius 2 is 1.81 bits per heavy atom. The summed E-state index contributed by atoms with van der Waals surface area (Å²) in [7, 11) is 1.75. The highest BCUT2D eigenvalue weighted by Crippen LogP contribution is 2.27.